The topological polar surface area (TPSA) is 76.3 Å². The van der Waals surface area contributed by atoms with Crippen LogP contribution in [0.1, 0.15) is 25.0 Å². The summed E-state index contributed by atoms with van der Waals surface area (Å²) in [6, 6.07) is 9.37. The van der Waals surface area contributed by atoms with Gasteiger partial charge in [0.2, 0.25) is 15.9 Å². The van der Waals surface area contributed by atoms with E-state index in [0.717, 1.165) is 19.3 Å². The number of halogens is 1. The summed E-state index contributed by atoms with van der Waals surface area (Å²) >= 11 is 1.42. The molecule has 0 saturated carbocycles. The first kappa shape index (κ1) is 20.1. The number of benzene rings is 1. The van der Waals surface area contributed by atoms with Crippen LogP contribution in [0, 0.1) is 5.82 Å². The molecule has 0 amide bonds. The Labute approximate surface area is 173 Å². The Bertz CT molecular complexity index is 1080. The maximum Gasteiger partial charge on any atom is 0.244 e. The second kappa shape index (κ2) is 8.64. The monoisotopic (exact) mass is 433 g/mol. The van der Waals surface area contributed by atoms with E-state index in [1.165, 1.54) is 40.7 Å². The fourth-order valence-electron chi connectivity index (χ4n) is 3.13. The lowest BCUT2D eigenvalue weighted by Gasteiger charge is -2.25. The van der Waals surface area contributed by atoms with Crippen molar-refractivity contribution >= 4 is 21.8 Å². The summed E-state index contributed by atoms with van der Waals surface area (Å²) in [6.07, 6.45) is 5.81. The Morgan fingerprint density at radius 3 is 2.69 bits per heavy atom. The standard InChI is InChI=1S/C20H20FN3O3S2/c21-16-6-4-5-15(11-16)20-23-17(13-27-20)14-28-19-8-7-18(12-22-19)29(25,26)24-9-2-1-3-10-24/h4-8,11-13H,1-3,9-10,14H2. The number of aromatic nitrogens is 2. The van der Waals surface area contributed by atoms with Crippen LogP contribution in [0.2, 0.25) is 0 Å². The average Bonchev–Trinajstić information content (AvgIpc) is 3.22. The molecule has 0 radical (unpaired) electrons. The Hall–Kier alpha value is -2.23. The number of pyridine rings is 1. The fraction of sp³-hybridized carbons (Fsp3) is 0.300. The molecule has 152 valence electrons. The second-order valence-electron chi connectivity index (χ2n) is 6.74. The van der Waals surface area contributed by atoms with Gasteiger partial charge in [0.25, 0.3) is 0 Å². The van der Waals surface area contributed by atoms with Crippen LogP contribution in [-0.2, 0) is 15.8 Å². The van der Waals surface area contributed by atoms with Crippen LogP contribution >= 0.6 is 11.8 Å². The largest absolute Gasteiger partial charge is 0.444 e. The van der Waals surface area contributed by atoms with Crippen LogP contribution in [0.4, 0.5) is 4.39 Å². The van der Waals surface area contributed by atoms with Crippen LogP contribution in [0.3, 0.4) is 0 Å². The van der Waals surface area contributed by atoms with Crippen molar-refractivity contribution in [2.24, 2.45) is 0 Å². The van der Waals surface area contributed by atoms with Gasteiger partial charge in [-0.1, -0.05) is 24.2 Å². The highest BCUT2D eigenvalue weighted by atomic mass is 32.2. The molecule has 1 aliphatic heterocycles. The normalized spacial score (nSPS) is 15.5. The van der Waals surface area contributed by atoms with E-state index in [9.17, 15) is 12.8 Å². The fourth-order valence-corrected chi connectivity index (χ4v) is 5.32. The smallest absolute Gasteiger partial charge is 0.244 e. The van der Waals surface area contributed by atoms with Crippen LogP contribution in [-0.4, -0.2) is 35.8 Å². The molecule has 1 aromatic carbocycles. The highest BCUT2D eigenvalue weighted by Gasteiger charge is 2.26. The number of nitrogens with zero attached hydrogens (tertiary/aromatic N) is 3. The van der Waals surface area contributed by atoms with E-state index in [0.29, 0.717) is 41.0 Å². The van der Waals surface area contributed by atoms with E-state index < -0.39 is 10.0 Å². The molecular formula is C20H20FN3O3S2. The van der Waals surface area contributed by atoms with Crippen molar-refractivity contribution in [2.45, 2.75) is 34.9 Å². The van der Waals surface area contributed by atoms with Gasteiger partial charge >= 0.3 is 0 Å². The Kier molecular flexibility index (Phi) is 5.98. The minimum atomic E-state index is -3.47. The molecule has 4 rings (SSSR count). The number of hydrogen-bond donors (Lipinski definition) is 0. The molecule has 1 aliphatic rings. The summed E-state index contributed by atoms with van der Waals surface area (Å²) < 4.78 is 45.6. The zero-order valence-corrected chi connectivity index (χ0v) is 17.3. The van der Waals surface area contributed by atoms with Gasteiger partial charge in [0.1, 0.15) is 17.0 Å². The third-order valence-corrected chi connectivity index (χ3v) is 7.51. The van der Waals surface area contributed by atoms with Gasteiger partial charge in [0.15, 0.2) is 0 Å². The molecule has 0 aliphatic carbocycles. The molecule has 0 bridgehead atoms. The summed E-state index contributed by atoms with van der Waals surface area (Å²) in [5.74, 6) is 0.515. The molecule has 0 unspecified atom stereocenters. The van der Waals surface area contributed by atoms with Crippen molar-refractivity contribution < 1.29 is 17.2 Å². The molecule has 29 heavy (non-hydrogen) atoms. The molecule has 3 aromatic rings. The second-order valence-corrected chi connectivity index (χ2v) is 9.67. The summed E-state index contributed by atoms with van der Waals surface area (Å²) in [7, 11) is -3.47. The summed E-state index contributed by atoms with van der Waals surface area (Å²) in [5.41, 5.74) is 1.27. The van der Waals surface area contributed by atoms with Gasteiger partial charge in [-0.05, 0) is 43.2 Å². The third-order valence-electron chi connectivity index (χ3n) is 4.65. The Balaban J connectivity index is 1.40. The van der Waals surface area contributed by atoms with E-state index >= 15 is 0 Å². The first-order chi connectivity index (χ1) is 14.0. The average molecular weight is 434 g/mol. The quantitative estimate of drug-likeness (QED) is 0.538. The highest BCUT2D eigenvalue weighted by Crippen LogP contribution is 2.26. The van der Waals surface area contributed by atoms with E-state index in [-0.39, 0.29) is 10.7 Å². The van der Waals surface area contributed by atoms with Gasteiger partial charge in [0.05, 0.1) is 10.7 Å². The summed E-state index contributed by atoms with van der Waals surface area (Å²) in [6.45, 7) is 1.14. The first-order valence-corrected chi connectivity index (χ1v) is 11.7. The predicted octanol–water partition coefficient (Wildman–Crippen LogP) is 4.34. The lowest BCUT2D eigenvalue weighted by Crippen LogP contribution is -2.35. The molecule has 9 heteroatoms. The Morgan fingerprint density at radius 2 is 1.97 bits per heavy atom. The number of piperidine rings is 1. The summed E-state index contributed by atoms with van der Waals surface area (Å²) in [4.78, 5) is 8.87. The Morgan fingerprint density at radius 1 is 1.14 bits per heavy atom. The van der Waals surface area contributed by atoms with Crippen molar-refractivity contribution in [2.75, 3.05) is 13.1 Å². The highest BCUT2D eigenvalue weighted by molar-refractivity contribution is 7.98. The third kappa shape index (κ3) is 4.68. The molecule has 2 aromatic heterocycles. The van der Waals surface area contributed by atoms with Crippen molar-refractivity contribution in [1.82, 2.24) is 14.3 Å². The van der Waals surface area contributed by atoms with Crippen LogP contribution in [0.25, 0.3) is 11.5 Å². The molecule has 1 saturated heterocycles. The zero-order chi connectivity index (χ0) is 20.3. The SMILES string of the molecule is O=S(=O)(c1ccc(SCc2coc(-c3cccc(F)c3)n2)nc1)N1CCCCC1. The van der Waals surface area contributed by atoms with Gasteiger partial charge in [0, 0.05) is 30.6 Å². The van der Waals surface area contributed by atoms with E-state index in [1.54, 1.807) is 24.3 Å². The molecule has 1 fully saturated rings. The van der Waals surface area contributed by atoms with Crippen LogP contribution in [0.5, 0.6) is 0 Å². The number of thioether (sulfide) groups is 1. The van der Waals surface area contributed by atoms with Crippen molar-refractivity contribution in [3.05, 3.63) is 60.4 Å². The first-order valence-electron chi connectivity index (χ1n) is 9.32. The number of rotatable bonds is 6. The lowest BCUT2D eigenvalue weighted by molar-refractivity contribution is 0.346. The van der Waals surface area contributed by atoms with E-state index in [2.05, 4.69) is 9.97 Å². The van der Waals surface area contributed by atoms with Gasteiger partial charge in [-0.2, -0.15) is 4.31 Å². The summed E-state index contributed by atoms with van der Waals surface area (Å²) in [5, 5.41) is 0.692. The maximum absolute atomic E-state index is 13.3. The molecule has 0 spiro atoms. The number of hydrogen-bond acceptors (Lipinski definition) is 6. The van der Waals surface area contributed by atoms with E-state index in [1.807, 2.05) is 0 Å². The molecular weight excluding hydrogens is 413 g/mol. The zero-order valence-electron chi connectivity index (χ0n) is 15.6. The lowest BCUT2D eigenvalue weighted by atomic mass is 10.2. The number of oxazole rings is 1. The van der Waals surface area contributed by atoms with Crippen LogP contribution < -0.4 is 0 Å². The minimum Gasteiger partial charge on any atom is -0.444 e. The minimum absolute atomic E-state index is 0.221. The van der Waals surface area contributed by atoms with Gasteiger partial charge in [-0.15, -0.1) is 0 Å². The van der Waals surface area contributed by atoms with Crippen molar-refractivity contribution in [3.63, 3.8) is 0 Å². The molecule has 6 nitrogen and oxygen atoms in total. The van der Waals surface area contributed by atoms with Gasteiger partial charge in [-0.3, -0.25) is 0 Å². The predicted molar refractivity (Wildman–Crippen MR) is 108 cm³/mol. The molecule has 0 atom stereocenters. The molecule has 0 N–H and O–H groups in total. The van der Waals surface area contributed by atoms with Gasteiger partial charge < -0.3 is 4.42 Å². The van der Waals surface area contributed by atoms with Crippen molar-refractivity contribution in [3.8, 4) is 11.5 Å². The van der Waals surface area contributed by atoms with Crippen molar-refractivity contribution in [1.29, 1.82) is 0 Å². The van der Waals surface area contributed by atoms with E-state index in [4.69, 9.17) is 4.42 Å². The van der Waals surface area contributed by atoms with Gasteiger partial charge in [-0.25, -0.2) is 22.8 Å². The number of sulfonamides is 1. The van der Waals surface area contributed by atoms with Crippen LogP contribution in [0.15, 0.2) is 63.2 Å². The molecule has 3 heterocycles. The maximum atomic E-state index is 13.3.